The molecular weight excluding hydrogens is 887 g/mol. The van der Waals surface area contributed by atoms with Gasteiger partial charge < -0.3 is 49.6 Å². The van der Waals surface area contributed by atoms with Crippen LogP contribution >= 0.6 is 0 Å². The molecule has 0 saturated carbocycles. The molecule has 24 heteroatoms. The van der Waals surface area contributed by atoms with Crippen molar-refractivity contribution in [2.45, 2.75) is 4.08 Å². The van der Waals surface area contributed by atoms with Crippen molar-refractivity contribution in [1.29, 1.82) is 0 Å². The van der Waals surface area contributed by atoms with Gasteiger partial charge in [-0.25, -0.2) is 16.8 Å². The number of anilines is 9. The first kappa shape index (κ1) is 48.9. The number of hydrogen-bond acceptors (Lipinski definition) is 20. The van der Waals surface area contributed by atoms with Gasteiger partial charge in [-0.15, -0.1) is 0 Å². The number of ether oxygens (including phenoxy) is 2. The summed E-state index contributed by atoms with van der Waals surface area (Å²) in [5, 5.41) is 12.3. The van der Waals surface area contributed by atoms with E-state index in [0.717, 1.165) is 11.8 Å². The Morgan fingerprint density at radius 2 is 0.984 bits per heavy atom. The van der Waals surface area contributed by atoms with Crippen molar-refractivity contribution in [3.63, 3.8) is 0 Å². The summed E-state index contributed by atoms with van der Waals surface area (Å²) in [4.78, 5) is 31.0. The van der Waals surface area contributed by atoms with Crippen LogP contribution < -0.4 is 90.2 Å². The fourth-order valence-corrected chi connectivity index (χ4v) is 9.32. The Labute approximate surface area is 414 Å². The number of para-hydroxylation sites is 2. The van der Waals surface area contributed by atoms with E-state index >= 15 is 0 Å². The van der Waals surface area contributed by atoms with Crippen LogP contribution in [0.3, 0.4) is 0 Å². The predicted octanol–water partition coefficient (Wildman–Crippen LogP) is -2.05. The average molecular weight is 927 g/mol. The maximum atomic E-state index is 13.0. The van der Waals surface area contributed by atoms with Crippen LogP contribution in [0.1, 0.15) is 5.56 Å². The zero-order valence-corrected chi connectivity index (χ0v) is 40.5. The fourth-order valence-electron chi connectivity index (χ4n) is 6.80. The van der Waals surface area contributed by atoms with Gasteiger partial charge in [0.2, 0.25) is 35.7 Å². The van der Waals surface area contributed by atoms with Gasteiger partial charge in [0.1, 0.15) is 20.2 Å². The summed E-state index contributed by atoms with van der Waals surface area (Å²) in [7, 11) is -11.8. The molecule has 5 aromatic rings. The van der Waals surface area contributed by atoms with E-state index in [1.807, 2.05) is 58.3 Å². The van der Waals surface area contributed by atoms with Gasteiger partial charge in [-0.3, -0.25) is 0 Å². The van der Waals surface area contributed by atoms with Gasteiger partial charge >= 0.3 is 59.1 Å². The van der Waals surface area contributed by atoms with E-state index in [2.05, 4.69) is 51.2 Å². The third kappa shape index (κ3) is 11.8. The molecule has 20 nitrogen and oxygen atoms in total. The minimum Gasteiger partial charge on any atom is -0.746 e. The van der Waals surface area contributed by atoms with Crippen LogP contribution in [0.4, 0.5) is 52.8 Å². The number of rotatable bonds is 14. The van der Waals surface area contributed by atoms with Gasteiger partial charge in [-0.2, -0.15) is 29.9 Å². The molecular formula is C40H40N12Na2O8S2. The average Bonchev–Trinajstić information content (AvgIpc) is 3.27. The van der Waals surface area contributed by atoms with E-state index in [1.165, 1.54) is 18.2 Å². The van der Waals surface area contributed by atoms with Crippen molar-refractivity contribution in [2.75, 3.05) is 83.7 Å². The second-order valence-electron chi connectivity index (χ2n) is 14.1. The first-order chi connectivity index (χ1) is 29.9. The van der Waals surface area contributed by atoms with Gasteiger partial charge in [0.15, 0.2) is 4.08 Å². The Morgan fingerprint density at radius 1 is 0.578 bits per heavy atom. The normalized spacial score (nSPS) is 17.4. The molecule has 8 rings (SSSR count). The summed E-state index contributed by atoms with van der Waals surface area (Å²) < 4.78 is 85.4. The molecule has 2 fully saturated rings. The van der Waals surface area contributed by atoms with E-state index < -0.39 is 30.2 Å². The Bertz CT molecular complexity index is 2660. The topological polar surface area (TPSA) is 265 Å². The van der Waals surface area contributed by atoms with Gasteiger partial charge in [0.05, 0.1) is 26.4 Å². The maximum Gasteiger partial charge on any atom is 1.00 e. The van der Waals surface area contributed by atoms with E-state index in [4.69, 9.17) is 9.47 Å². The molecule has 1 unspecified atom stereocenters. The molecule has 1 atom stereocenters. The number of allylic oxidation sites excluding steroid dienone is 3. The monoisotopic (exact) mass is 926 g/mol. The molecule has 64 heavy (non-hydrogen) atoms. The SMILES string of the molecule is O=S(=O)([O-])C1(S(=O)(=O)[O-])C=C(Nc2nc(Nc3ccccc3)nc(N3CCOCC3)n2)C=CC1C=Cc1ccc(Nc2nc(Nc3ccccc3)nc(N3CCOCC3)n2)cc1.[Na+].[Na+]. The van der Waals surface area contributed by atoms with Gasteiger partial charge in [0.25, 0.3) is 0 Å². The van der Waals surface area contributed by atoms with Gasteiger partial charge in [-0.1, -0.05) is 66.8 Å². The first-order valence-corrected chi connectivity index (χ1v) is 22.2. The molecule has 1 aliphatic carbocycles. The molecule has 3 aliphatic rings. The number of benzene rings is 3. The number of hydrogen-bond donors (Lipinski definition) is 4. The van der Waals surface area contributed by atoms with Crippen molar-refractivity contribution >= 4 is 79.1 Å². The third-order valence-electron chi connectivity index (χ3n) is 9.90. The molecule has 3 aromatic carbocycles. The number of aromatic nitrogens is 6. The summed E-state index contributed by atoms with van der Waals surface area (Å²) in [6, 6.07) is 25.2. The van der Waals surface area contributed by atoms with E-state index in [1.54, 1.807) is 36.4 Å². The zero-order valence-electron chi connectivity index (χ0n) is 34.9. The summed E-state index contributed by atoms with van der Waals surface area (Å²) in [5.74, 6) is -0.420. The van der Waals surface area contributed by atoms with Crippen LogP contribution in [-0.2, 0) is 29.7 Å². The number of morpholine rings is 2. The molecule has 0 amide bonds. The van der Waals surface area contributed by atoms with Crippen molar-refractivity contribution in [1.82, 2.24) is 29.9 Å². The van der Waals surface area contributed by atoms with Crippen LogP contribution in [-0.4, -0.2) is 113 Å². The van der Waals surface area contributed by atoms with Crippen molar-refractivity contribution in [3.8, 4) is 0 Å². The molecule has 0 radical (unpaired) electrons. The molecule has 322 valence electrons. The summed E-state index contributed by atoms with van der Waals surface area (Å²) in [5.41, 5.74) is 2.31. The summed E-state index contributed by atoms with van der Waals surface area (Å²) >= 11 is 0. The fraction of sp³-hybridized carbons (Fsp3) is 0.250. The zero-order chi connectivity index (χ0) is 43.2. The second kappa shape index (κ2) is 21.6. The Morgan fingerprint density at radius 3 is 1.41 bits per heavy atom. The molecule has 2 saturated heterocycles. The van der Waals surface area contributed by atoms with Gasteiger partial charge in [-0.05, 0) is 54.1 Å². The Balaban J connectivity index is 0.00000340. The van der Waals surface area contributed by atoms with E-state index in [0.29, 0.717) is 87.5 Å². The van der Waals surface area contributed by atoms with Crippen LogP contribution in [0.15, 0.2) is 115 Å². The summed E-state index contributed by atoms with van der Waals surface area (Å²) in [6.45, 7) is 4.06. The Hall–Kier alpha value is -4.56. The maximum absolute atomic E-state index is 13.0. The van der Waals surface area contributed by atoms with Crippen molar-refractivity contribution in [3.05, 3.63) is 120 Å². The molecule has 2 aliphatic heterocycles. The molecule has 0 spiro atoms. The molecule has 4 N–H and O–H groups in total. The molecule has 4 heterocycles. The predicted molar refractivity (Wildman–Crippen MR) is 230 cm³/mol. The van der Waals surface area contributed by atoms with Gasteiger partial charge in [0, 0.05) is 54.9 Å². The third-order valence-corrected chi connectivity index (χ3v) is 13.5. The number of nitrogens with zero attached hydrogens (tertiary/aromatic N) is 8. The standard InChI is InChI=1S/C40H42N12O8S2.2Na/c53-61(54,55)40(62(56,57)58)27-33(44-37-46-35(42-31-9-5-2-6-10-31)48-39(50-37)52-21-25-60-26-22-52)18-15-29(40)14-11-28-12-16-32(17-13-28)43-36-45-34(41-30-7-3-1-4-8-30)47-38(49-36)51-19-23-59-24-20-51;;/h1-18,27,29H,19-26H2,(H,53,54,55)(H,56,57,58)(H2,41,43,45,47,49)(H2,42,44,46,48,50);;/q;2*+1/p-2. The van der Waals surface area contributed by atoms with Crippen LogP contribution in [0.25, 0.3) is 6.08 Å². The van der Waals surface area contributed by atoms with Crippen LogP contribution in [0, 0.1) is 5.92 Å². The molecule has 0 bridgehead atoms. The second-order valence-corrected chi connectivity index (χ2v) is 17.5. The van der Waals surface area contributed by atoms with E-state index in [-0.39, 0.29) is 88.6 Å². The minimum absolute atomic E-state index is 0. The minimum atomic E-state index is -5.88. The molecule has 2 aromatic heterocycles. The van der Waals surface area contributed by atoms with Crippen molar-refractivity contribution < 1.29 is 94.5 Å². The van der Waals surface area contributed by atoms with Crippen molar-refractivity contribution in [2.24, 2.45) is 5.92 Å². The summed E-state index contributed by atoms with van der Waals surface area (Å²) in [6.07, 6.45) is 5.70. The quantitative estimate of drug-likeness (QED) is 0.0690. The smallest absolute Gasteiger partial charge is 0.746 e. The number of nitrogens with one attached hydrogen (secondary N) is 4. The Kier molecular flexibility index (Phi) is 16.5. The van der Waals surface area contributed by atoms with E-state index in [9.17, 15) is 25.9 Å². The van der Waals surface area contributed by atoms with Crippen LogP contribution in [0.5, 0.6) is 0 Å². The largest absolute Gasteiger partial charge is 1.00 e. The van der Waals surface area contributed by atoms with Crippen LogP contribution in [0.2, 0.25) is 0 Å². The first-order valence-electron chi connectivity index (χ1n) is 19.4.